The lowest BCUT2D eigenvalue weighted by Crippen LogP contribution is -2.32. The molecule has 3 amide bonds. The van der Waals surface area contributed by atoms with Crippen molar-refractivity contribution in [3.05, 3.63) is 57.4 Å². The number of hydrogen-bond acceptors (Lipinski definition) is 4. The lowest BCUT2D eigenvalue weighted by atomic mass is 10.00. The van der Waals surface area contributed by atoms with Crippen LogP contribution in [-0.4, -0.2) is 40.2 Å². The third-order valence-electron chi connectivity index (χ3n) is 5.11. The minimum Gasteiger partial charge on any atom is -0.352 e. The molecule has 0 unspecified atom stereocenters. The van der Waals surface area contributed by atoms with E-state index in [-0.39, 0.29) is 24.1 Å². The number of hydrogen-bond donors (Lipinski definition) is 2. The van der Waals surface area contributed by atoms with Gasteiger partial charge < -0.3 is 10.3 Å². The Morgan fingerprint density at radius 3 is 2.61 bits per heavy atom. The molecule has 0 radical (unpaired) electrons. The molecule has 1 saturated heterocycles. The number of urea groups is 1. The monoisotopic (exact) mass is 395 g/mol. The van der Waals surface area contributed by atoms with Gasteiger partial charge in [0.25, 0.3) is 5.91 Å². The first-order valence-corrected chi connectivity index (χ1v) is 10.2. The van der Waals surface area contributed by atoms with Gasteiger partial charge in [-0.2, -0.15) is 0 Å². The molecule has 2 aromatic heterocycles. The summed E-state index contributed by atoms with van der Waals surface area (Å²) in [5.74, 6) is -0.333. The van der Waals surface area contributed by atoms with E-state index in [0.717, 1.165) is 27.8 Å². The summed E-state index contributed by atoms with van der Waals surface area (Å²) >= 11 is 1.49. The lowest BCUT2D eigenvalue weighted by Gasteiger charge is -2.10. The highest BCUT2D eigenvalue weighted by Gasteiger charge is 2.38. The standard InChI is InChI=1S/C21H21N3O3S/c1-3-12-9-10-17(28-12)19(25)18-14(13-7-5-6-8-15(13)22-18)11-16-20(26)24(4-2)21(27)23-16/h5-10,16,22H,3-4,11H2,1-2H3,(H,23,27)/t16-/m1/s1. The van der Waals surface area contributed by atoms with Gasteiger partial charge in [-0.25, -0.2) is 4.79 Å². The molecule has 4 rings (SSSR count). The van der Waals surface area contributed by atoms with Gasteiger partial charge in [0.1, 0.15) is 6.04 Å². The average Bonchev–Trinajstić information content (AvgIpc) is 3.38. The van der Waals surface area contributed by atoms with E-state index in [4.69, 9.17) is 0 Å². The van der Waals surface area contributed by atoms with Crippen LogP contribution >= 0.6 is 11.3 Å². The molecule has 0 spiro atoms. The van der Waals surface area contributed by atoms with Gasteiger partial charge in [-0.3, -0.25) is 14.5 Å². The summed E-state index contributed by atoms with van der Waals surface area (Å²) in [7, 11) is 0. The molecular formula is C21H21N3O3S. The number of ketones is 1. The van der Waals surface area contributed by atoms with Gasteiger partial charge in [0.15, 0.2) is 0 Å². The Labute approximate surface area is 166 Å². The van der Waals surface area contributed by atoms with Crippen LogP contribution in [0, 0.1) is 0 Å². The van der Waals surface area contributed by atoms with Crippen LogP contribution in [0.3, 0.4) is 0 Å². The molecule has 6 nitrogen and oxygen atoms in total. The Bertz CT molecular complexity index is 1080. The molecule has 1 aliphatic rings. The van der Waals surface area contributed by atoms with Crippen molar-refractivity contribution in [3.63, 3.8) is 0 Å². The lowest BCUT2D eigenvalue weighted by molar-refractivity contribution is -0.127. The van der Waals surface area contributed by atoms with Crippen LogP contribution in [0.5, 0.6) is 0 Å². The first-order valence-electron chi connectivity index (χ1n) is 9.38. The summed E-state index contributed by atoms with van der Waals surface area (Å²) < 4.78 is 0. The van der Waals surface area contributed by atoms with Crippen LogP contribution in [-0.2, 0) is 17.6 Å². The van der Waals surface area contributed by atoms with E-state index in [1.54, 1.807) is 6.92 Å². The van der Waals surface area contributed by atoms with Crippen molar-refractivity contribution >= 4 is 40.0 Å². The third kappa shape index (κ3) is 3.01. The Hall–Kier alpha value is -2.93. The quantitative estimate of drug-likeness (QED) is 0.495. The van der Waals surface area contributed by atoms with E-state index in [1.807, 2.05) is 36.4 Å². The van der Waals surface area contributed by atoms with Gasteiger partial charge in [-0.15, -0.1) is 11.3 Å². The highest BCUT2D eigenvalue weighted by atomic mass is 32.1. The fourth-order valence-corrected chi connectivity index (χ4v) is 4.53. The Balaban J connectivity index is 1.75. The topological polar surface area (TPSA) is 82.3 Å². The van der Waals surface area contributed by atoms with Gasteiger partial charge in [0.05, 0.1) is 10.6 Å². The van der Waals surface area contributed by atoms with Crippen molar-refractivity contribution in [2.24, 2.45) is 0 Å². The second-order valence-corrected chi connectivity index (χ2v) is 7.93. The van der Waals surface area contributed by atoms with Gasteiger partial charge >= 0.3 is 6.03 Å². The predicted molar refractivity (Wildman–Crippen MR) is 109 cm³/mol. The van der Waals surface area contributed by atoms with Gasteiger partial charge in [-0.1, -0.05) is 25.1 Å². The minimum absolute atomic E-state index is 0.0833. The fraction of sp³-hybridized carbons (Fsp3) is 0.286. The molecule has 0 saturated carbocycles. The van der Waals surface area contributed by atoms with E-state index < -0.39 is 6.04 Å². The number of aromatic nitrogens is 1. The number of benzene rings is 1. The summed E-state index contributed by atoms with van der Waals surface area (Å²) in [6.07, 6.45) is 1.16. The Morgan fingerprint density at radius 1 is 1.14 bits per heavy atom. The summed E-state index contributed by atoms with van der Waals surface area (Å²) in [6.45, 7) is 4.15. The summed E-state index contributed by atoms with van der Waals surface area (Å²) in [4.78, 5) is 44.0. The number of likely N-dealkylation sites (N-methyl/N-ethyl adjacent to an activating group) is 1. The van der Waals surface area contributed by atoms with Crippen molar-refractivity contribution in [1.29, 1.82) is 0 Å². The molecule has 7 heteroatoms. The molecule has 1 atom stereocenters. The second-order valence-electron chi connectivity index (χ2n) is 6.76. The highest BCUT2D eigenvalue weighted by molar-refractivity contribution is 7.14. The molecule has 3 heterocycles. The van der Waals surface area contributed by atoms with Crippen LogP contribution < -0.4 is 5.32 Å². The number of carbonyl (C=O) groups is 3. The van der Waals surface area contributed by atoms with Crippen LogP contribution in [0.15, 0.2) is 36.4 Å². The zero-order chi connectivity index (χ0) is 19.8. The average molecular weight is 395 g/mol. The van der Waals surface area contributed by atoms with Crippen LogP contribution in [0.25, 0.3) is 10.9 Å². The summed E-state index contributed by atoms with van der Waals surface area (Å²) in [5, 5.41) is 3.64. The molecule has 1 aromatic carbocycles. The summed E-state index contributed by atoms with van der Waals surface area (Å²) in [5.41, 5.74) is 2.10. The van der Waals surface area contributed by atoms with Crippen molar-refractivity contribution in [2.45, 2.75) is 32.7 Å². The van der Waals surface area contributed by atoms with Gasteiger partial charge in [-0.05, 0) is 37.1 Å². The number of aromatic amines is 1. The Kier molecular flexibility index (Phi) is 4.77. The van der Waals surface area contributed by atoms with Gasteiger partial charge in [0.2, 0.25) is 5.78 Å². The molecule has 0 bridgehead atoms. The van der Waals surface area contributed by atoms with E-state index in [9.17, 15) is 14.4 Å². The smallest absolute Gasteiger partial charge is 0.324 e. The van der Waals surface area contributed by atoms with E-state index in [0.29, 0.717) is 17.1 Å². The van der Waals surface area contributed by atoms with Crippen LogP contribution in [0.4, 0.5) is 4.79 Å². The molecule has 3 aromatic rings. The molecular weight excluding hydrogens is 374 g/mol. The van der Waals surface area contributed by atoms with E-state index in [2.05, 4.69) is 17.2 Å². The first kappa shape index (κ1) is 18.4. The number of nitrogens with zero attached hydrogens (tertiary/aromatic N) is 1. The SMILES string of the molecule is CCc1ccc(C(=O)c2[nH]c3ccccc3c2C[C@H]2NC(=O)N(CC)C2=O)s1. The summed E-state index contributed by atoms with van der Waals surface area (Å²) in [6, 6.07) is 10.4. The number of imide groups is 1. The maximum Gasteiger partial charge on any atom is 0.324 e. The maximum absolute atomic E-state index is 13.2. The number of fused-ring (bicyclic) bond motifs is 1. The number of aryl methyl sites for hydroxylation is 1. The molecule has 0 aliphatic carbocycles. The van der Waals surface area contributed by atoms with Gasteiger partial charge in [0, 0.05) is 28.7 Å². The molecule has 2 N–H and O–H groups in total. The van der Waals surface area contributed by atoms with Crippen molar-refractivity contribution < 1.29 is 14.4 Å². The molecule has 28 heavy (non-hydrogen) atoms. The number of rotatable bonds is 6. The van der Waals surface area contributed by atoms with E-state index in [1.165, 1.54) is 16.2 Å². The molecule has 144 valence electrons. The largest absolute Gasteiger partial charge is 0.352 e. The number of H-pyrrole nitrogens is 1. The molecule has 1 fully saturated rings. The number of amides is 3. The molecule has 1 aliphatic heterocycles. The Morgan fingerprint density at radius 2 is 1.93 bits per heavy atom. The second kappa shape index (κ2) is 7.24. The zero-order valence-electron chi connectivity index (χ0n) is 15.7. The fourth-order valence-electron chi connectivity index (χ4n) is 3.64. The van der Waals surface area contributed by atoms with Crippen molar-refractivity contribution in [3.8, 4) is 0 Å². The van der Waals surface area contributed by atoms with Crippen LogP contribution in [0.2, 0.25) is 0 Å². The predicted octanol–water partition coefficient (Wildman–Crippen LogP) is 3.51. The van der Waals surface area contributed by atoms with Crippen molar-refractivity contribution in [2.75, 3.05) is 6.54 Å². The number of thiophene rings is 1. The number of nitrogens with one attached hydrogen (secondary N) is 2. The third-order valence-corrected chi connectivity index (χ3v) is 6.33. The van der Waals surface area contributed by atoms with E-state index >= 15 is 0 Å². The van der Waals surface area contributed by atoms with Crippen LogP contribution in [0.1, 0.15) is 39.7 Å². The normalized spacial score (nSPS) is 16.8. The van der Waals surface area contributed by atoms with Crippen molar-refractivity contribution in [1.82, 2.24) is 15.2 Å². The maximum atomic E-state index is 13.2. The minimum atomic E-state index is -0.659. The number of carbonyl (C=O) groups excluding carboxylic acids is 3. The first-order chi connectivity index (χ1) is 13.5. The highest BCUT2D eigenvalue weighted by Crippen LogP contribution is 2.29. The zero-order valence-corrected chi connectivity index (χ0v) is 16.6. The number of para-hydroxylation sites is 1.